The van der Waals surface area contributed by atoms with Crippen LogP contribution >= 0.6 is 0 Å². The second-order valence-corrected chi connectivity index (χ2v) is 4.48. The van der Waals surface area contributed by atoms with Gasteiger partial charge >= 0.3 is 5.97 Å². The average Bonchev–Trinajstić information content (AvgIpc) is 2.13. The molecule has 0 saturated carbocycles. The quantitative estimate of drug-likeness (QED) is 0.544. The molecule has 0 bridgehead atoms. The lowest BCUT2D eigenvalue weighted by Crippen LogP contribution is -2.14. The molecule has 0 aliphatic heterocycles. The lowest BCUT2D eigenvalue weighted by molar-refractivity contribution is -0.139. The summed E-state index contributed by atoms with van der Waals surface area (Å²) >= 11 is 0. The van der Waals surface area contributed by atoms with Crippen LogP contribution in [-0.2, 0) is 9.53 Å². The average molecular weight is 214 g/mol. The van der Waals surface area contributed by atoms with Gasteiger partial charge in [-0.25, -0.2) is 4.79 Å². The largest absolute Gasteiger partial charge is 0.462 e. The molecule has 0 heterocycles. The summed E-state index contributed by atoms with van der Waals surface area (Å²) in [5, 5.41) is 8.86. The monoisotopic (exact) mass is 214 g/mol. The third-order valence-electron chi connectivity index (χ3n) is 2.03. The Balaban J connectivity index is 3.76. The molecule has 0 rings (SSSR count). The van der Waals surface area contributed by atoms with Crippen LogP contribution in [0.5, 0.6) is 0 Å². The lowest BCUT2D eigenvalue weighted by Gasteiger charge is -2.14. The Hall–Kier alpha value is -0.830. The van der Waals surface area contributed by atoms with Gasteiger partial charge in [-0.2, -0.15) is 0 Å². The van der Waals surface area contributed by atoms with Gasteiger partial charge in [-0.05, 0) is 32.1 Å². The molecule has 0 fully saturated rings. The van der Waals surface area contributed by atoms with Gasteiger partial charge in [0.2, 0.25) is 0 Å². The van der Waals surface area contributed by atoms with E-state index in [-0.39, 0.29) is 18.5 Å². The maximum atomic E-state index is 11.2. The highest BCUT2D eigenvalue weighted by Gasteiger charge is 2.09. The third kappa shape index (κ3) is 8.18. The van der Waals surface area contributed by atoms with Crippen molar-refractivity contribution >= 4 is 5.97 Å². The highest BCUT2D eigenvalue weighted by atomic mass is 16.5. The van der Waals surface area contributed by atoms with Crippen molar-refractivity contribution in [1.29, 1.82) is 0 Å². The van der Waals surface area contributed by atoms with Gasteiger partial charge < -0.3 is 9.84 Å². The Morgan fingerprint density at radius 2 is 1.93 bits per heavy atom. The van der Waals surface area contributed by atoms with E-state index >= 15 is 0 Å². The predicted molar refractivity (Wildman–Crippen MR) is 60.4 cm³/mol. The van der Waals surface area contributed by atoms with Crippen molar-refractivity contribution in [3.8, 4) is 0 Å². The summed E-state index contributed by atoms with van der Waals surface area (Å²) in [7, 11) is 0. The Labute approximate surface area is 92.1 Å². The summed E-state index contributed by atoms with van der Waals surface area (Å²) in [6.45, 7) is 8.33. The highest BCUT2D eigenvalue weighted by Crippen LogP contribution is 2.11. The number of carbonyl (C=O) groups excluding carboxylic acids is 1. The number of aliphatic hydroxyl groups is 1. The number of esters is 1. The van der Waals surface area contributed by atoms with Gasteiger partial charge in [-0.3, -0.25) is 0 Å². The van der Waals surface area contributed by atoms with Crippen molar-refractivity contribution in [1.82, 2.24) is 0 Å². The number of ether oxygens (including phenoxy) is 1. The zero-order chi connectivity index (χ0) is 11.8. The first-order chi connectivity index (χ1) is 6.95. The van der Waals surface area contributed by atoms with E-state index in [1.54, 1.807) is 0 Å². The number of carbonyl (C=O) groups is 1. The summed E-state index contributed by atoms with van der Waals surface area (Å²) in [6, 6.07) is 0. The van der Waals surface area contributed by atoms with Crippen LogP contribution in [-0.4, -0.2) is 24.3 Å². The van der Waals surface area contributed by atoms with Gasteiger partial charge in [0.05, 0.1) is 6.61 Å². The van der Waals surface area contributed by atoms with Gasteiger partial charge in [-0.1, -0.05) is 19.4 Å². The normalized spacial score (nSPS) is 14.2. The molecule has 88 valence electrons. The molecule has 0 aromatic rings. The van der Waals surface area contributed by atoms with E-state index < -0.39 is 0 Å². The minimum Gasteiger partial charge on any atom is -0.462 e. The van der Waals surface area contributed by atoms with Crippen LogP contribution in [0, 0.1) is 11.8 Å². The molecule has 0 spiro atoms. The molecule has 0 radical (unpaired) electrons. The molecule has 2 unspecified atom stereocenters. The van der Waals surface area contributed by atoms with E-state index in [2.05, 4.69) is 0 Å². The number of aliphatic hydroxyl groups excluding tert-OH is 1. The summed E-state index contributed by atoms with van der Waals surface area (Å²) < 4.78 is 5.06. The molecule has 0 aliphatic carbocycles. The van der Waals surface area contributed by atoms with Crippen LogP contribution in [0.3, 0.4) is 0 Å². The fraction of sp³-hybridized carbons (Fsp3) is 0.750. The lowest BCUT2D eigenvalue weighted by atomic mass is 9.99. The first-order valence-corrected chi connectivity index (χ1v) is 5.38. The SMILES string of the molecule is CC(C)=CC(=O)OCC(C)CC(C)CO. The summed E-state index contributed by atoms with van der Waals surface area (Å²) in [6.07, 6.45) is 2.36. The predicted octanol–water partition coefficient (Wildman–Crippen LogP) is 2.15. The molecule has 0 aromatic heterocycles. The molecule has 0 amide bonds. The van der Waals surface area contributed by atoms with Crippen molar-refractivity contribution < 1.29 is 14.6 Å². The van der Waals surface area contributed by atoms with Crippen molar-refractivity contribution in [2.45, 2.75) is 34.1 Å². The first-order valence-electron chi connectivity index (χ1n) is 5.38. The van der Waals surface area contributed by atoms with Crippen LogP contribution in [0.2, 0.25) is 0 Å². The molecule has 3 nitrogen and oxygen atoms in total. The Morgan fingerprint density at radius 3 is 2.40 bits per heavy atom. The topological polar surface area (TPSA) is 46.5 Å². The zero-order valence-electron chi connectivity index (χ0n) is 10.1. The molecule has 15 heavy (non-hydrogen) atoms. The van der Waals surface area contributed by atoms with Crippen LogP contribution in [0.15, 0.2) is 11.6 Å². The first kappa shape index (κ1) is 14.2. The summed E-state index contributed by atoms with van der Waals surface area (Å²) in [5.74, 6) is 0.280. The van der Waals surface area contributed by atoms with E-state index in [9.17, 15) is 4.79 Å². The fourth-order valence-corrected chi connectivity index (χ4v) is 1.33. The van der Waals surface area contributed by atoms with Crippen LogP contribution in [0.1, 0.15) is 34.1 Å². The Morgan fingerprint density at radius 1 is 1.33 bits per heavy atom. The van der Waals surface area contributed by atoms with Crippen LogP contribution in [0.4, 0.5) is 0 Å². The van der Waals surface area contributed by atoms with Crippen molar-refractivity contribution in [3.05, 3.63) is 11.6 Å². The van der Waals surface area contributed by atoms with Gasteiger partial charge in [0.15, 0.2) is 0 Å². The van der Waals surface area contributed by atoms with Crippen LogP contribution in [0.25, 0.3) is 0 Å². The second kappa shape index (κ2) is 7.46. The smallest absolute Gasteiger partial charge is 0.330 e. The molecule has 0 aromatic carbocycles. The van der Waals surface area contributed by atoms with Gasteiger partial charge in [0, 0.05) is 12.7 Å². The minimum absolute atomic E-state index is 0.187. The summed E-state index contributed by atoms with van der Waals surface area (Å²) in [5.41, 5.74) is 0.941. The zero-order valence-corrected chi connectivity index (χ0v) is 10.1. The van der Waals surface area contributed by atoms with E-state index in [1.807, 2.05) is 27.7 Å². The number of hydrogen-bond acceptors (Lipinski definition) is 3. The number of hydrogen-bond donors (Lipinski definition) is 1. The molecule has 0 saturated heterocycles. The van der Waals surface area contributed by atoms with Crippen molar-refractivity contribution in [3.63, 3.8) is 0 Å². The standard InChI is InChI=1S/C12H22O3/c1-9(2)5-12(14)15-8-11(4)6-10(3)7-13/h5,10-11,13H,6-8H2,1-4H3. The molecule has 3 heteroatoms. The fourth-order valence-electron chi connectivity index (χ4n) is 1.33. The molecular formula is C12H22O3. The highest BCUT2D eigenvalue weighted by molar-refractivity contribution is 5.82. The van der Waals surface area contributed by atoms with E-state index in [1.165, 1.54) is 6.08 Å². The van der Waals surface area contributed by atoms with E-state index in [0.717, 1.165) is 12.0 Å². The van der Waals surface area contributed by atoms with E-state index in [0.29, 0.717) is 12.5 Å². The maximum Gasteiger partial charge on any atom is 0.330 e. The summed E-state index contributed by atoms with van der Waals surface area (Å²) in [4.78, 5) is 11.2. The van der Waals surface area contributed by atoms with E-state index in [4.69, 9.17) is 9.84 Å². The Kier molecular flexibility index (Phi) is 7.05. The van der Waals surface area contributed by atoms with Gasteiger partial charge in [0.25, 0.3) is 0 Å². The van der Waals surface area contributed by atoms with Gasteiger partial charge in [-0.15, -0.1) is 0 Å². The van der Waals surface area contributed by atoms with Crippen molar-refractivity contribution in [2.75, 3.05) is 13.2 Å². The van der Waals surface area contributed by atoms with Crippen molar-refractivity contribution in [2.24, 2.45) is 11.8 Å². The number of rotatable bonds is 6. The Bertz CT molecular complexity index is 217. The van der Waals surface area contributed by atoms with Gasteiger partial charge in [0.1, 0.15) is 0 Å². The number of allylic oxidation sites excluding steroid dienone is 1. The molecule has 2 atom stereocenters. The third-order valence-corrected chi connectivity index (χ3v) is 2.03. The molecule has 1 N–H and O–H groups in total. The molecule has 0 aliphatic rings. The maximum absolute atomic E-state index is 11.2. The minimum atomic E-state index is -0.279. The van der Waals surface area contributed by atoms with Crippen LogP contribution < -0.4 is 0 Å². The second-order valence-electron chi connectivity index (χ2n) is 4.48. The molecular weight excluding hydrogens is 192 g/mol.